The zero-order valence-electron chi connectivity index (χ0n) is 19.1. The molecule has 10 heteroatoms. The molecule has 0 atom stereocenters. The van der Waals surface area contributed by atoms with Crippen LogP contribution in [0.2, 0.25) is 0 Å². The molecule has 5 rings (SSSR count). The molecule has 7 nitrogen and oxygen atoms in total. The van der Waals surface area contributed by atoms with Crippen LogP contribution in [-0.4, -0.2) is 41.9 Å². The summed E-state index contributed by atoms with van der Waals surface area (Å²) in [6.45, 7) is 1.32. The zero-order chi connectivity index (χ0) is 24.3. The van der Waals surface area contributed by atoms with E-state index in [1.807, 2.05) is 0 Å². The molecule has 0 bridgehead atoms. The predicted octanol–water partition coefficient (Wildman–Crippen LogP) is 3.69. The summed E-state index contributed by atoms with van der Waals surface area (Å²) in [5.41, 5.74) is -0.461. The third-order valence-corrected chi connectivity index (χ3v) is 7.12. The SMILES string of the molecule is COC1(c2cc3c(N(C)Cc4cccc(C(F)F)c4F)ncnc3n(C)c2=O)CC2(COC2)C1. The Balaban J connectivity index is 1.56. The topological polar surface area (TPSA) is 69.5 Å². The molecule has 0 unspecified atom stereocenters. The first-order chi connectivity index (χ1) is 16.2. The Bertz CT molecular complexity index is 1310. The molecular formula is C24H25F3N4O3. The lowest BCUT2D eigenvalue weighted by Gasteiger charge is -2.59. The summed E-state index contributed by atoms with van der Waals surface area (Å²) in [7, 11) is 4.93. The number of aromatic nitrogens is 3. The van der Waals surface area contributed by atoms with Crippen molar-refractivity contribution in [2.24, 2.45) is 12.5 Å². The highest BCUT2D eigenvalue weighted by Crippen LogP contribution is 2.59. The number of benzene rings is 1. The summed E-state index contributed by atoms with van der Waals surface area (Å²) >= 11 is 0. The highest BCUT2D eigenvalue weighted by atomic mass is 19.3. The fourth-order valence-electron chi connectivity index (χ4n) is 5.31. The molecule has 2 fully saturated rings. The van der Waals surface area contributed by atoms with Crippen molar-refractivity contribution in [2.75, 3.05) is 32.3 Å². The number of alkyl halides is 2. The van der Waals surface area contributed by atoms with Crippen LogP contribution in [0.25, 0.3) is 11.0 Å². The Kier molecular flexibility index (Phi) is 5.40. The summed E-state index contributed by atoms with van der Waals surface area (Å²) < 4.78 is 53.7. The number of nitrogens with zero attached hydrogens (tertiary/aromatic N) is 4. The molecule has 180 valence electrons. The van der Waals surface area contributed by atoms with Crippen LogP contribution in [0.15, 0.2) is 35.4 Å². The average Bonchev–Trinajstić information content (AvgIpc) is 2.76. The lowest BCUT2D eigenvalue weighted by atomic mass is 9.56. The number of halogens is 3. The van der Waals surface area contributed by atoms with Crippen LogP contribution in [0.4, 0.5) is 19.0 Å². The van der Waals surface area contributed by atoms with Crippen molar-refractivity contribution in [3.05, 3.63) is 63.5 Å². The fourth-order valence-corrected chi connectivity index (χ4v) is 5.31. The van der Waals surface area contributed by atoms with Crippen LogP contribution < -0.4 is 10.5 Å². The van der Waals surface area contributed by atoms with Gasteiger partial charge in [-0.15, -0.1) is 0 Å². The Hall–Kier alpha value is -2.98. The van der Waals surface area contributed by atoms with E-state index in [0.717, 1.165) is 6.07 Å². The Labute approximate surface area is 194 Å². The first-order valence-corrected chi connectivity index (χ1v) is 10.9. The molecule has 0 amide bonds. The molecule has 1 aliphatic carbocycles. The highest BCUT2D eigenvalue weighted by Gasteiger charge is 2.60. The van der Waals surface area contributed by atoms with Gasteiger partial charge in [-0.2, -0.15) is 0 Å². The molecular weight excluding hydrogens is 449 g/mol. The molecule has 0 N–H and O–H groups in total. The van der Waals surface area contributed by atoms with Crippen LogP contribution in [0, 0.1) is 11.2 Å². The van der Waals surface area contributed by atoms with E-state index in [4.69, 9.17) is 9.47 Å². The van der Waals surface area contributed by atoms with Gasteiger partial charge in [-0.05, 0) is 18.9 Å². The van der Waals surface area contributed by atoms with Crippen molar-refractivity contribution in [3.63, 3.8) is 0 Å². The summed E-state index contributed by atoms with van der Waals surface area (Å²) in [4.78, 5) is 23.6. The number of ether oxygens (including phenoxy) is 2. The van der Waals surface area contributed by atoms with Gasteiger partial charge in [0.25, 0.3) is 12.0 Å². The molecule has 2 aliphatic rings. The Morgan fingerprint density at radius 3 is 2.62 bits per heavy atom. The summed E-state index contributed by atoms with van der Waals surface area (Å²) in [6.07, 6.45) is -0.210. The Morgan fingerprint density at radius 2 is 2.00 bits per heavy atom. The molecule has 1 saturated carbocycles. The van der Waals surface area contributed by atoms with E-state index >= 15 is 0 Å². The van der Waals surface area contributed by atoms with E-state index < -0.39 is 23.4 Å². The summed E-state index contributed by atoms with van der Waals surface area (Å²) in [5, 5.41) is 0.592. The molecule has 0 radical (unpaired) electrons. The van der Waals surface area contributed by atoms with E-state index in [9.17, 15) is 18.0 Å². The Morgan fingerprint density at radius 1 is 1.26 bits per heavy atom. The van der Waals surface area contributed by atoms with E-state index in [1.165, 1.54) is 23.0 Å². The van der Waals surface area contributed by atoms with Crippen LogP contribution in [-0.2, 0) is 28.7 Å². The second-order valence-electron chi connectivity index (χ2n) is 9.38. The number of aryl methyl sites for hydroxylation is 1. The van der Waals surface area contributed by atoms with Gasteiger partial charge in [-0.3, -0.25) is 9.36 Å². The molecule has 1 aliphatic heterocycles. The first kappa shape index (κ1) is 22.8. The molecule has 2 aromatic heterocycles. The predicted molar refractivity (Wildman–Crippen MR) is 119 cm³/mol. The van der Waals surface area contributed by atoms with E-state index in [0.29, 0.717) is 48.5 Å². The van der Waals surface area contributed by atoms with E-state index in [1.54, 1.807) is 32.2 Å². The van der Waals surface area contributed by atoms with E-state index in [-0.39, 0.29) is 23.1 Å². The number of rotatable bonds is 6. The summed E-state index contributed by atoms with van der Waals surface area (Å²) in [5.74, 6) is -0.479. The molecule has 3 aromatic rings. The van der Waals surface area contributed by atoms with Gasteiger partial charge in [-0.1, -0.05) is 18.2 Å². The van der Waals surface area contributed by atoms with Crippen molar-refractivity contribution in [1.29, 1.82) is 0 Å². The summed E-state index contributed by atoms with van der Waals surface area (Å²) in [6, 6.07) is 5.71. The largest absolute Gasteiger partial charge is 0.380 e. The normalized spacial score (nSPS) is 18.2. The molecule has 34 heavy (non-hydrogen) atoms. The van der Waals surface area contributed by atoms with Gasteiger partial charge in [0.1, 0.15) is 23.6 Å². The lowest BCUT2D eigenvalue weighted by molar-refractivity contribution is -0.254. The van der Waals surface area contributed by atoms with E-state index in [2.05, 4.69) is 9.97 Å². The second kappa shape index (κ2) is 8.06. The van der Waals surface area contributed by atoms with Crippen LogP contribution >= 0.6 is 0 Å². The third-order valence-electron chi connectivity index (χ3n) is 7.12. The second-order valence-corrected chi connectivity index (χ2v) is 9.38. The third kappa shape index (κ3) is 3.39. The number of fused-ring (bicyclic) bond motifs is 1. The van der Waals surface area contributed by atoms with Crippen molar-refractivity contribution in [2.45, 2.75) is 31.4 Å². The zero-order valence-corrected chi connectivity index (χ0v) is 19.1. The van der Waals surface area contributed by atoms with Crippen LogP contribution in [0.1, 0.15) is 36.0 Å². The van der Waals surface area contributed by atoms with Crippen LogP contribution in [0.5, 0.6) is 0 Å². The van der Waals surface area contributed by atoms with Crippen molar-refractivity contribution >= 4 is 16.9 Å². The molecule has 3 heterocycles. The molecule has 1 aromatic carbocycles. The monoisotopic (exact) mass is 474 g/mol. The van der Waals surface area contributed by atoms with Gasteiger partial charge in [0.05, 0.1) is 35.3 Å². The smallest absolute Gasteiger partial charge is 0.266 e. The number of hydrogen-bond donors (Lipinski definition) is 0. The average molecular weight is 474 g/mol. The maximum absolute atomic E-state index is 14.7. The number of methoxy groups -OCH3 is 1. The van der Waals surface area contributed by atoms with Gasteiger partial charge >= 0.3 is 0 Å². The minimum atomic E-state index is -2.90. The minimum Gasteiger partial charge on any atom is -0.380 e. The first-order valence-electron chi connectivity index (χ1n) is 10.9. The van der Waals surface area contributed by atoms with Gasteiger partial charge in [0.15, 0.2) is 0 Å². The maximum atomic E-state index is 14.7. The molecule has 1 saturated heterocycles. The number of pyridine rings is 1. The maximum Gasteiger partial charge on any atom is 0.266 e. The van der Waals surface area contributed by atoms with Crippen LogP contribution in [0.3, 0.4) is 0 Å². The molecule has 1 spiro atoms. The van der Waals surface area contributed by atoms with Gasteiger partial charge < -0.3 is 14.4 Å². The number of hydrogen-bond acceptors (Lipinski definition) is 6. The quantitative estimate of drug-likeness (QED) is 0.543. The number of anilines is 1. The highest BCUT2D eigenvalue weighted by molar-refractivity contribution is 5.87. The standard InChI is InChI=1S/C24H25F3N4O3/c1-30(8-14-5-4-6-15(18(14)25)19(26)27)20-16-7-17(22(32)31(2)21(16)29-13-28-20)24(33-3)9-23(10-24)11-34-12-23/h4-7,13,19H,8-12H2,1-3H3. The minimum absolute atomic E-state index is 0.00650. The van der Waals surface area contributed by atoms with Crippen molar-refractivity contribution in [3.8, 4) is 0 Å². The van der Waals surface area contributed by atoms with Gasteiger partial charge in [-0.25, -0.2) is 23.1 Å². The van der Waals surface area contributed by atoms with Crippen molar-refractivity contribution in [1.82, 2.24) is 14.5 Å². The fraction of sp³-hybridized carbons (Fsp3) is 0.458. The lowest BCUT2D eigenvalue weighted by Crippen LogP contribution is -2.61. The van der Waals surface area contributed by atoms with Gasteiger partial charge in [0, 0.05) is 38.7 Å². The van der Waals surface area contributed by atoms with Gasteiger partial charge in [0.2, 0.25) is 0 Å². The van der Waals surface area contributed by atoms with Crippen molar-refractivity contribution < 1.29 is 22.6 Å².